The number of thiophene rings is 1. The molecule has 1 aromatic rings. The zero-order valence-corrected chi connectivity index (χ0v) is 13.7. The Hall–Kier alpha value is -0.920. The number of amides is 1. The van der Waals surface area contributed by atoms with Gasteiger partial charge in [0, 0.05) is 29.9 Å². The van der Waals surface area contributed by atoms with E-state index in [2.05, 4.69) is 5.32 Å². The maximum absolute atomic E-state index is 12.5. The number of nitrogens with zero attached hydrogens (tertiary/aromatic N) is 1. The number of hydrogen-bond acceptors (Lipinski definition) is 4. The Morgan fingerprint density at radius 2 is 1.90 bits per heavy atom. The van der Waals surface area contributed by atoms with E-state index in [9.17, 15) is 13.2 Å². The number of sulfonamides is 1. The Kier molecular flexibility index (Phi) is 4.07. The first-order valence-electron chi connectivity index (χ1n) is 7.34. The van der Waals surface area contributed by atoms with Gasteiger partial charge in [-0.1, -0.05) is 0 Å². The van der Waals surface area contributed by atoms with Gasteiger partial charge in [-0.2, -0.15) is 4.31 Å². The van der Waals surface area contributed by atoms with Crippen molar-refractivity contribution >= 4 is 27.3 Å². The molecule has 0 bridgehead atoms. The van der Waals surface area contributed by atoms with Crippen LogP contribution in [0.3, 0.4) is 0 Å². The van der Waals surface area contributed by atoms with Crippen LogP contribution in [0.5, 0.6) is 0 Å². The van der Waals surface area contributed by atoms with Gasteiger partial charge in [-0.3, -0.25) is 4.79 Å². The molecule has 2 heterocycles. The summed E-state index contributed by atoms with van der Waals surface area (Å²) in [4.78, 5) is 12.7. The third-order valence-corrected chi connectivity index (χ3v) is 7.43. The van der Waals surface area contributed by atoms with E-state index < -0.39 is 10.0 Å². The maximum atomic E-state index is 12.5. The normalized spacial score (nSPS) is 21.4. The lowest BCUT2D eigenvalue weighted by atomic mass is 10.1. The summed E-state index contributed by atoms with van der Waals surface area (Å²) in [5.41, 5.74) is 0. The largest absolute Gasteiger partial charge is 0.353 e. The quantitative estimate of drug-likeness (QED) is 0.915. The zero-order valence-electron chi connectivity index (χ0n) is 12.0. The van der Waals surface area contributed by atoms with Gasteiger partial charge in [0.2, 0.25) is 5.91 Å². The summed E-state index contributed by atoms with van der Waals surface area (Å²) in [6.07, 6.45) is 3.39. The number of nitrogens with one attached hydrogen (secondary N) is 1. The fourth-order valence-electron chi connectivity index (χ4n) is 2.58. The number of carbonyl (C=O) groups excluding carboxylic acids is 1. The highest BCUT2D eigenvalue weighted by Crippen LogP contribution is 2.30. The Morgan fingerprint density at radius 3 is 2.43 bits per heavy atom. The molecule has 21 heavy (non-hydrogen) atoms. The van der Waals surface area contributed by atoms with Crippen LogP contribution in [-0.2, 0) is 14.8 Å². The summed E-state index contributed by atoms with van der Waals surface area (Å²) in [6.45, 7) is 2.87. The summed E-state index contributed by atoms with van der Waals surface area (Å²) < 4.78 is 27.0. The Balaban J connectivity index is 1.58. The maximum Gasteiger partial charge on any atom is 0.252 e. The highest BCUT2D eigenvalue weighted by molar-refractivity contribution is 7.91. The number of hydrogen-bond donors (Lipinski definition) is 1. The molecule has 0 atom stereocenters. The van der Waals surface area contributed by atoms with Crippen LogP contribution in [0.15, 0.2) is 16.3 Å². The van der Waals surface area contributed by atoms with Crippen LogP contribution < -0.4 is 5.32 Å². The Morgan fingerprint density at radius 1 is 1.24 bits per heavy atom. The molecule has 0 radical (unpaired) electrons. The van der Waals surface area contributed by atoms with Crippen molar-refractivity contribution in [1.82, 2.24) is 9.62 Å². The molecular weight excluding hydrogens is 308 g/mol. The van der Waals surface area contributed by atoms with Crippen LogP contribution in [0.4, 0.5) is 0 Å². The second kappa shape index (κ2) is 5.70. The van der Waals surface area contributed by atoms with Gasteiger partial charge < -0.3 is 5.32 Å². The number of rotatable bonds is 4. The van der Waals surface area contributed by atoms with Crippen molar-refractivity contribution < 1.29 is 13.2 Å². The molecule has 116 valence electrons. The Bertz CT molecular complexity index is 626. The monoisotopic (exact) mass is 328 g/mol. The molecule has 2 fully saturated rings. The van der Waals surface area contributed by atoms with Crippen LogP contribution in [-0.4, -0.2) is 37.8 Å². The van der Waals surface area contributed by atoms with E-state index in [-0.39, 0.29) is 17.9 Å². The highest BCUT2D eigenvalue weighted by atomic mass is 32.2. The molecule has 1 saturated heterocycles. The van der Waals surface area contributed by atoms with Crippen molar-refractivity contribution in [2.45, 2.75) is 42.9 Å². The topological polar surface area (TPSA) is 66.5 Å². The van der Waals surface area contributed by atoms with Crippen LogP contribution in [0.25, 0.3) is 0 Å². The van der Waals surface area contributed by atoms with Gasteiger partial charge in [-0.05, 0) is 44.7 Å². The molecule has 0 unspecified atom stereocenters. The van der Waals surface area contributed by atoms with E-state index in [0.717, 1.165) is 17.7 Å². The van der Waals surface area contributed by atoms with Gasteiger partial charge in [0.15, 0.2) is 0 Å². The first kappa shape index (κ1) is 15.0. The van der Waals surface area contributed by atoms with Crippen molar-refractivity contribution in [2.24, 2.45) is 5.92 Å². The van der Waals surface area contributed by atoms with Crippen molar-refractivity contribution in [1.29, 1.82) is 0 Å². The van der Waals surface area contributed by atoms with Crippen molar-refractivity contribution in [3.05, 3.63) is 17.0 Å². The lowest BCUT2D eigenvalue weighted by Crippen LogP contribution is -2.46. The van der Waals surface area contributed by atoms with Gasteiger partial charge >= 0.3 is 0 Å². The molecule has 2 aliphatic rings. The molecule has 1 N–H and O–H groups in total. The first-order valence-corrected chi connectivity index (χ1v) is 9.59. The van der Waals surface area contributed by atoms with E-state index >= 15 is 0 Å². The average molecular weight is 328 g/mol. The van der Waals surface area contributed by atoms with E-state index in [1.54, 1.807) is 6.07 Å². The van der Waals surface area contributed by atoms with Gasteiger partial charge in [0.25, 0.3) is 10.0 Å². The predicted octanol–water partition coefficient (Wildman–Crippen LogP) is 1.74. The van der Waals surface area contributed by atoms with Crippen LogP contribution in [0.1, 0.15) is 30.6 Å². The molecule has 1 aliphatic heterocycles. The van der Waals surface area contributed by atoms with E-state index in [1.165, 1.54) is 15.6 Å². The lowest BCUT2D eigenvalue weighted by molar-refractivity contribution is -0.123. The third kappa shape index (κ3) is 3.30. The molecule has 1 aliphatic carbocycles. The smallest absolute Gasteiger partial charge is 0.252 e. The second-order valence-electron chi connectivity index (χ2n) is 5.83. The fourth-order valence-corrected chi connectivity index (χ4v) is 5.49. The molecule has 1 aromatic heterocycles. The van der Waals surface area contributed by atoms with E-state index in [1.807, 2.05) is 13.0 Å². The van der Waals surface area contributed by atoms with Crippen LogP contribution >= 0.6 is 11.3 Å². The van der Waals surface area contributed by atoms with Gasteiger partial charge in [-0.25, -0.2) is 8.42 Å². The number of aryl methyl sites for hydroxylation is 1. The predicted molar refractivity (Wildman–Crippen MR) is 81.7 cm³/mol. The Labute approximate surface area is 129 Å². The molecular formula is C14H20N2O3S2. The summed E-state index contributed by atoms with van der Waals surface area (Å²) >= 11 is 1.31. The average Bonchev–Trinajstić information content (AvgIpc) is 3.21. The second-order valence-corrected chi connectivity index (χ2v) is 9.28. The number of piperidine rings is 1. The molecule has 1 saturated carbocycles. The van der Waals surface area contributed by atoms with Gasteiger partial charge in [0.1, 0.15) is 4.21 Å². The van der Waals surface area contributed by atoms with Gasteiger partial charge in [0.05, 0.1) is 0 Å². The lowest BCUT2D eigenvalue weighted by Gasteiger charge is -2.31. The minimum absolute atomic E-state index is 0.120. The van der Waals surface area contributed by atoms with Crippen molar-refractivity contribution in [3.8, 4) is 0 Å². The zero-order chi connectivity index (χ0) is 15.0. The highest BCUT2D eigenvalue weighted by Gasteiger charge is 2.34. The summed E-state index contributed by atoms with van der Waals surface area (Å²) in [6, 6.07) is 3.63. The first-order chi connectivity index (χ1) is 9.96. The molecule has 5 nitrogen and oxygen atoms in total. The SMILES string of the molecule is Cc1ccc(S(=O)(=O)N2CCC(NC(=O)C3CC3)CC2)s1. The minimum Gasteiger partial charge on any atom is -0.353 e. The van der Waals surface area contributed by atoms with E-state index in [0.29, 0.717) is 30.1 Å². The van der Waals surface area contributed by atoms with Crippen LogP contribution in [0, 0.1) is 12.8 Å². The molecule has 1 amide bonds. The minimum atomic E-state index is -3.36. The summed E-state index contributed by atoms with van der Waals surface area (Å²) in [5.74, 6) is 0.353. The standard InChI is InChI=1S/C14H20N2O3S2/c1-10-2-5-13(20-10)21(18,19)16-8-6-12(7-9-16)15-14(17)11-3-4-11/h2,5,11-12H,3-4,6-9H2,1H3,(H,15,17). The van der Waals surface area contributed by atoms with Crippen molar-refractivity contribution in [3.63, 3.8) is 0 Å². The van der Waals surface area contributed by atoms with E-state index in [4.69, 9.17) is 0 Å². The molecule has 0 aromatic carbocycles. The summed E-state index contributed by atoms with van der Waals surface area (Å²) in [5, 5.41) is 3.04. The third-order valence-electron chi connectivity index (χ3n) is 4.06. The van der Waals surface area contributed by atoms with Crippen LogP contribution in [0.2, 0.25) is 0 Å². The number of carbonyl (C=O) groups is 1. The fraction of sp³-hybridized carbons (Fsp3) is 0.643. The van der Waals surface area contributed by atoms with Crippen molar-refractivity contribution in [2.75, 3.05) is 13.1 Å². The molecule has 3 rings (SSSR count). The molecule has 0 spiro atoms. The summed E-state index contributed by atoms with van der Waals surface area (Å²) in [7, 11) is -3.36. The molecule has 7 heteroatoms. The van der Waals surface area contributed by atoms with Gasteiger partial charge in [-0.15, -0.1) is 11.3 Å².